The zero-order valence-corrected chi connectivity index (χ0v) is 16.7. The Morgan fingerprint density at radius 3 is 1.44 bits per heavy atom. The molecular formula is C25H32N2. The molecule has 142 valence electrons. The van der Waals surface area contributed by atoms with Crippen molar-refractivity contribution in [3.8, 4) is 0 Å². The monoisotopic (exact) mass is 360 g/mol. The van der Waals surface area contributed by atoms with E-state index in [1.54, 1.807) is 0 Å². The van der Waals surface area contributed by atoms with Gasteiger partial charge in [-0.15, -0.1) is 6.58 Å². The van der Waals surface area contributed by atoms with Gasteiger partial charge in [-0.1, -0.05) is 29.8 Å². The minimum atomic E-state index is 0.391. The largest absolute Gasteiger partial charge is 0.372 e. The number of rotatable bonds is 6. The van der Waals surface area contributed by atoms with E-state index in [0.717, 1.165) is 6.42 Å². The zero-order chi connectivity index (χ0) is 18.6. The molecule has 0 atom stereocenters. The third-order valence-corrected chi connectivity index (χ3v) is 6.09. The van der Waals surface area contributed by atoms with E-state index in [9.17, 15) is 0 Å². The molecule has 0 saturated carbocycles. The summed E-state index contributed by atoms with van der Waals surface area (Å²) in [4.78, 5) is 5.00. The predicted octanol–water partition coefficient (Wildman–Crippen LogP) is 5.99. The van der Waals surface area contributed by atoms with E-state index in [2.05, 4.69) is 71.8 Å². The second-order valence-corrected chi connectivity index (χ2v) is 8.29. The van der Waals surface area contributed by atoms with Crippen molar-refractivity contribution in [2.45, 2.75) is 44.9 Å². The molecule has 0 radical (unpaired) electrons. The normalized spacial score (nSPS) is 17.1. The molecule has 2 aromatic carbocycles. The molecule has 2 aliphatic rings. The summed E-state index contributed by atoms with van der Waals surface area (Å²) in [6, 6.07) is 18.6. The van der Waals surface area contributed by atoms with E-state index >= 15 is 0 Å². The van der Waals surface area contributed by atoms with Crippen molar-refractivity contribution in [2.24, 2.45) is 0 Å². The maximum Gasteiger partial charge on any atom is 0.0366 e. The van der Waals surface area contributed by atoms with Gasteiger partial charge < -0.3 is 9.80 Å². The number of anilines is 2. The van der Waals surface area contributed by atoms with Crippen LogP contribution >= 0.6 is 0 Å². The summed E-state index contributed by atoms with van der Waals surface area (Å²) < 4.78 is 0. The van der Waals surface area contributed by atoms with Crippen LogP contribution in [0.5, 0.6) is 0 Å². The third-order valence-electron chi connectivity index (χ3n) is 6.09. The van der Waals surface area contributed by atoms with Crippen molar-refractivity contribution in [1.82, 2.24) is 0 Å². The van der Waals surface area contributed by atoms with Gasteiger partial charge >= 0.3 is 0 Å². The van der Waals surface area contributed by atoms with Crippen LogP contribution in [0.2, 0.25) is 0 Å². The Balaban J connectivity index is 1.56. The van der Waals surface area contributed by atoms with Crippen LogP contribution in [0.15, 0.2) is 60.7 Å². The zero-order valence-electron chi connectivity index (χ0n) is 16.7. The molecule has 2 nitrogen and oxygen atoms in total. The lowest BCUT2D eigenvalue weighted by molar-refractivity contribution is 0.797. The van der Waals surface area contributed by atoms with Gasteiger partial charge in [-0.3, -0.25) is 0 Å². The summed E-state index contributed by atoms with van der Waals surface area (Å²) in [7, 11) is 0. The van der Waals surface area contributed by atoms with Gasteiger partial charge in [0, 0.05) is 43.5 Å². The van der Waals surface area contributed by atoms with Crippen molar-refractivity contribution in [2.75, 3.05) is 36.0 Å². The predicted molar refractivity (Wildman–Crippen MR) is 117 cm³/mol. The highest BCUT2D eigenvalue weighted by molar-refractivity contribution is 5.52. The molecule has 2 heteroatoms. The standard InChI is InChI=1S/C25H32N2/c1-20(2)19-25(21-7-11-23(12-8-21)26-15-3-4-16-26)22-9-13-24(14-10-22)27-17-5-6-18-27/h7-14,25H,1,3-6,15-19H2,2H3. The van der Waals surface area contributed by atoms with Crippen molar-refractivity contribution >= 4 is 11.4 Å². The molecule has 0 amide bonds. The number of hydrogen-bond donors (Lipinski definition) is 0. The molecule has 4 rings (SSSR count). The van der Waals surface area contributed by atoms with Crippen LogP contribution in [-0.2, 0) is 0 Å². The van der Waals surface area contributed by atoms with Crippen LogP contribution < -0.4 is 9.80 Å². The van der Waals surface area contributed by atoms with E-state index in [0.29, 0.717) is 5.92 Å². The Morgan fingerprint density at radius 1 is 0.741 bits per heavy atom. The fourth-order valence-corrected chi connectivity index (χ4v) is 4.56. The number of benzene rings is 2. The maximum atomic E-state index is 4.19. The molecule has 2 aliphatic heterocycles. The molecule has 2 heterocycles. The quantitative estimate of drug-likeness (QED) is 0.584. The lowest BCUT2D eigenvalue weighted by Crippen LogP contribution is -2.17. The van der Waals surface area contributed by atoms with Gasteiger partial charge in [-0.05, 0) is 74.4 Å². The second-order valence-electron chi connectivity index (χ2n) is 8.29. The Kier molecular flexibility index (Phi) is 5.52. The Labute approximate surface area is 164 Å². The first kappa shape index (κ1) is 18.2. The number of allylic oxidation sites excluding steroid dienone is 1. The van der Waals surface area contributed by atoms with Gasteiger partial charge in [0.05, 0.1) is 0 Å². The molecule has 0 spiro atoms. The van der Waals surface area contributed by atoms with Gasteiger partial charge in [0.15, 0.2) is 0 Å². The third kappa shape index (κ3) is 4.21. The van der Waals surface area contributed by atoms with Gasteiger partial charge in [0.2, 0.25) is 0 Å². The minimum Gasteiger partial charge on any atom is -0.372 e. The van der Waals surface area contributed by atoms with Crippen LogP contribution in [0.25, 0.3) is 0 Å². The van der Waals surface area contributed by atoms with Gasteiger partial charge in [-0.25, -0.2) is 0 Å². The van der Waals surface area contributed by atoms with Gasteiger partial charge in [0.1, 0.15) is 0 Å². The fraction of sp³-hybridized carbons (Fsp3) is 0.440. The molecule has 0 aliphatic carbocycles. The first-order valence-corrected chi connectivity index (χ1v) is 10.5. The van der Waals surface area contributed by atoms with E-state index in [-0.39, 0.29) is 0 Å². The van der Waals surface area contributed by atoms with Crippen molar-refractivity contribution < 1.29 is 0 Å². The molecule has 0 bridgehead atoms. The number of hydrogen-bond acceptors (Lipinski definition) is 2. The van der Waals surface area contributed by atoms with Gasteiger partial charge in [-0.2, -0.15) is 0 Å². The van der Waals surface area contributed by atoms with Crippen molar-refractivity contribution in [3.63, 3.8) is 0 Å². The van der Waals surface area contributed by atoms with Crippen LogP contribution in [-0.4, -0.2) is 26.2 Å². The molecule has 0 unspecified atom stereocenters. The summed E-state index contributed by atoms with van der Waals surface area (Å²) >= 11 is 0. The van der Waals surface area contributed by atoms with E-state index in [4.69, 9.17) is 0 Å². The van der Waals surface area contributed by atoms with Crippen LogP contribution in [0.1, 0.15) is 56.1 Å². The van der Waals surface area contributed by atoms with E-state index in [1.165, 1.54) is 79.9 Å². The number of nitrogens with zero attached hydrogens (tertiary/aromatic N) is 2. The summed E-state index contributed by atoms with van der Waals surface area (Å²) in [5.41, 5.74) is 6.78. The summed E-state index contributed by atoms with van der Waals surface area (Å²) in [5.74, 6) is 0.391. The average molecular weight is 361 g/mol. The smallest absolute Gasteiger partial charge is 0.0366 e. The Morgan fingerprint density at radius 2 is 1.11 bits per heavy atom. The van der Waals surface area contributed by atoms with Crippen LogP contribution in [0.4, 0.5) is 11.4 Å². The lowest BCUT2D eigenvalue weighted by atomic mass is 9.86. The average Bonchev–Trinajstić information content (AvgIpc) is 3.40. The maximum absolute atomic E-state index is 4.19. The molecule has 27 heavy (non-hydrogen) atoms. The fourth-order valence-electron chi connectivity index (χ4n) is 4.56. The Hall–Kier alpha value is -2.22. The molecule has 2 fully saturated rings. The highest BCUT2D eigenvalue weighted by Gasteiger charge is 2.18. The topological polar surface area (TPSA) is 6.48 Å². The molecule has 0 N–H and O–H groups in total. The minimum absolute atomic E-state index is 0.391. The van der Waals surface area contributed by atoms with Gasteiger partial charge in [0.25, 0.3) is 0 Å². The Bertz CT molecular complexity index is 688. The lowest BCUT2D eigenvalue weighted by Gasteiger charge is -2.23. The van der Waals surface area contributed by atoms with Crippen molar-refractivity contribution in [3.05, 3.63) is 71.8 Å². The molecule has 2 saturated heterocycles. The molecule has 0 aromatic heterocycles. The highest BCUT2D eigenvalue weighted by Crippen LogP contribution is 2.33. The SMILES string of the molecule is C=C(C)CC(c1ccc(N2CCCC2)cc1)c1ccc(N2CCCC2)cc1. The van der Waals surface area contributed by atoms with E-state index < -0.39 is 0 Å². The first-order valence-electron chi connectivity index (χ1n) is 10.5. The summed E-state index contributed by atoms with van der Waals surface area (Å²) in [6.07, 6.45) is 6.30. The van der Waals surface area contributed by atoms with Crippen LogP contribution in [0, 0.1) is 0 Å². The van der Waals surface area contributed by atoms with E-state index in [1.807, 2.05) is 0 Å². The highest BCUT2D eigenvalue weighted by atomic mass is 15.1. The second kappa shape index (κ2) is 8.21. The molecular weight excluding hydrogens is 328 g/mol. The summed E-state index contributed by atoms with van der Waals surface area (Å²) in [6.45, 7) is 11.1. The molecule has 2 aromatic rings. The van der Waals surface area contributed by atoms with Crippen LogP contribution in [0.3, 0.4) is 0 Å². The van der Waals surface area contributed by atoms with Crippen molar-refractivity contribution in [1.29, 1.82) is 0 Å². The summed E-state index contributed by atoms with van der Waals surface area (Å²) in [5, 5.41) is 0. The first-order chi connectivity index (χ1) is 13.2.